The molecule has 162 valence electrons. The molecule has 0 saturated carbocycles. The number of hydrogen-bond acceptors (Lipinski definition) is 7. The summed E-state index contributed by atoms with van der Waals surface area (Å²) in [5.74, 6) is -0.283. The molecule has 3 aromatic rings. The second kappa shape index (κ2) is 10.2. The fourth-order valence-corrected chi connectivity index (χ4v) is 5.32. The van der Waals surface area contributed by atoms with E-state index in [-0.39, 0.29) is 12.0 Å². The molecule has 1 aliphatic carbocycles. The van der Waals surface area contributed by atoms with Gasteiger partial charge in [-0.1, -0.05) is 0 Å². The summed E-state index contributed by atoms with van der Waals surface area (Å²) in [6, 6.07) is 7.80. The molecule has 1 unspecified atom stereocenters. The van der Waals surface area contributed by atoms with Gasteiger partial charge in [-0.25, -0.2) is 4.79 Å². The summed E-state index contributed by atoms with van der Waals surface area (Å²) in [5.41, 5.74) is 3.33. The minimum Gasteiger partial charge on any atom is -0.446 e. The zero-order chi connectivity index (χ0) is 22.3. The number of carbonyl (C=O) groups is 2. The Balaban J connectivity index is 1.36. The molecule has 0 spiro atoms. The smallest absolute Gasteiger partial charge is 0.407 e. The lowest BCUT2D eigenvalue weighted by molar-refractivity contribution is -0.111. The van der Waals surface area contributed by atoms with Crippen molar-refractivity contribution in [3.63, 3.8) is 0 Å². The van der Waals surface area contributed by atoms with E-state index in [0.29, 0.717) is 36.4 Å². The predicted octanol–water partition coefficient (Wildman–Crippen LogP) is 4.51. The summed E-state index contributed by atoms with van der Waals surface area (Å²) in [6.07, 6.45) is 7.57. The minimum atomic E-state index is -0.473. The summed E-state index contributed by atoms with van der Waals surface area (Å²) >= 11 is 2.93. The van der Waals surface area contributed by atoms with Crippen LogP contribution < -0.4 is 10.6 Å². The number of anilines is 1. The number of nitrogens with zero attached hydrogens (tertiary/aromatic N) is 2. The van der Waals surface area contributed by atoms with E-state index in [4.69, 9.17) is 4.74 Å². The number of amides is 2. The maximum absolute atomic E-state index is 12.3. The zero-order valence-electron chi connectivity index (χ0n) is 17.0. The van der Waals surface area contributed by atoms with Crippen LogP contribution in [0.2, 0.25) is 0 Å². The first-order valence-corrected chi connectivity index (χ1v) is 11.8. The van der Waals surface area contributed by atoms with E-state index < -0.39 is 6.09 Å². The van der Waals surface area contributed by atoms with Gasteiger partial charge < -0.3 is 15.4 Å². The Kier molecular flexibility index (Phi) is 6.94. The summed E-state index contributed by atoms with van der Waals surface area (Å²) < 4.78 is 5.57. The molecule has 0 aliphatic heterocycles. The summed E-state index contributed by atoms with van der Waals surface area (Å²) in [6.45, 7) is 0.367. The van der Waals surface area contributed by atoms with Crippen molar-refractivity contribution in [1.29, 1.82) is 5.26 Å². The van der Waals surface area contributed by atoms with Crippen molar-refractivity contribution in [2.45, 2.75) is 31.9 Å². The van der Waals surface area contributed by atoms with Gasteiger partial charge in [-0.3, -0.25) is 9.78 Å². The second-order valence-electron chi connectivity index (χ2n) is 7.18. The molecule has 4 rings (SSSR count). The van der Waals surface area contributed by atoms with Crippen LogP contribution in [0.4, 0.5) is 9.80 Å². The largest absolute Gasteiger partial charge is 0.446 e. The van der Waals surface area contributed by atoms with Gasteiger partial charge in [0.2, 0.25) is 5.91 Å². The van der Waals surface area contributed by atoms with Crippen molar-refractivity contribution in [3.05, 3.63) is 74.6 Å². The monoisotopic (exact) mass is 464 g/mol. The fraction of sp³-hybridized carbons (Fsp3) is 0.217. The molecule has 3 aromatic heterocycles. The Bertz CT molecular complexity index is 1160. The van der Waals surface area contributed by atoms with Crippen LogP contribution in [0.15, 0.2) is 47.4 Å². The number of nitriles is 1. The first kappa shape index (κ1) is 21.7. The maximum atomic E-state index is 12.3. The number of aromatic nitrogens is 1. The molecule has 0 fully saturated rings. The van der Waals surface area contributed by atoms with Crippen LogP contribution in [0.3, 0.4) is 0 Å². The van der Waals surface area contributed by atoms with Gasteiger partial charge in [0, 0.05) is 36.3 Å². The Hall–Kier alpha value is -3.48. The van der Waals surface area contributed by atoms with Gasteiger partial charge >= 0.3 is 6.09 Å². The van der Waals surface area contributed by atoms with Gasteiger partial charge in [0.25, 0.3) is 0 Å². The molecule has 0 aromatic carbocycles. The molecular formula is C23H20N4O3S2. The molecule has 3 heterocycles. The molecule has 1 atom stereocenters. The summed E-state index contributed by atoms with van der Waals surface area (Å²) in [7, 11) is 0. The van der Waals surface area contributed by atoms with Crippen molar-refractivity contribution in [2.75, 3.05) is 5.32 Å². The van der Waals surface area contributed by atoms with Crippen LogP contribution in [0.1, 0.15) is 33.6 Å². The number of ether oxygens (including phenoxy) is 1. The van der Waals surface area contributed by atoms with Gasteiger partial charge in [0.15, 0.2) is 0 Å². The molecular weight excluding hydrogens is 444 g/mol. The maximum Gasteiger partial charge on any atom is 0.407 e. The first-order chi connectivity index (χ1) is 15.6. The highest BCUT2D eigenvalue weighted by molar-refractivity contribution is 7.16. The number of pyridine rings is 1. The van der Waals surface area contributed by atoms with Crippen molar-refractivity contribution in [2.24, 2.45) is 0 Å². The van der Waals surface area contributed by atoms with Crippen LogP contribution >= 0.6 is 22.7 Å². The van der Waals surface area contributed by atoms with Gasteiger partial charge in [-0.05, 0) is 64.6 Å². The van der Waals surface area contributed by atoms with E-state index in [1.807, 2.05) is 29.0 Å². The van der Waals surface area contributed by atoms with E-state index in [1.165, 1.54) is 17.4 Å². The number of fused-ring (bicyclic) bond motifs is 1. The number of rotatable bonds is 6. The van der Waals surface area contributed by atoms with Crippen molar-refractivity contribution in [1.82, 2.24) is 10.3 Å². The third-order valence-corrected chi connectivity index (χ3v) is 6.87. The topological polar surface area (TPSA) is 104 Å². The molecule has 0 radical (unpaired) electrons. The van der Waals surface area contributed by atoms with E-state index in [2.05, 4.69) is 21.7 Å². The molecule has 7 nitrogen and oxygen atoms in total. The van der Waals surface area contributed by atoms with Crippen LogP contribution in [-0.4, -0.2) is 23.1 Å². The minimum absolute atomic E-state index is 0.271. The van der Waals surface area contributed by atoms with Crippen molar-refractivity contribution >= 4 is 45.8 Å². The molecule has 2 amide bonds. The molecule has 32 heavy (non-hydrogen) atoms. The Morgan fingerprint density at radius 2 is 2.16 bits per heavy atom. The average Bonchev–Trinajstić information content (AvgIpc) is 3.44. The molecule has 2 N–H and O–H groups in total. The van der Waals surface area contributed by atoms with E-state index in [9.17, 15) is 14.9 Å². The summed E-state index contributed by atoms with van der Waals surface area (Å²) in [5, 5.41) is 19.6. The quantitative estimate of drug-likeness (QED) is 0.522. The number of alkyl carbamates (subject to hydrolysis) is 1. The highest BCUT2D eigenvalue weighted by Crippen LogP contribution is 2.38. The lowest BCUT2D eigenvalue weighted by Crippen LogP contribution is -2.31. The van der Waals surface area contributed by atoms with Gasteiger partial charge in [-0.2, -0.15) is 16.6 Å². The van der Waals surface area contributed by atoms with Crippen LogP contribution in [0.25, 0.3) is 6.08 Å². The summed E-state index contributed by atoms with van der Waals surface area (Å²) in [4.78, 5) is 29.4. The van der Waals surface area contributed by atoms with Gasteiger partial charge in [0.1, 0.15) is 17.2 Å². The third kappa shape index (κ3) is 5.41. The van der Waals surface area contributed by atoms with Crippen molar-refractivity contribution < 1.29 is 14.3 Å². The van der Waals surface area contributed by atoms with Crippen LogP contribution in [-0.2, 0) is 28.9 Å². The first-order valence-electron chi connectivity index (χ1n) is 10.0. The standard InChI is InChI=1S/C23H20N4O3S2/c24-12-19-18-3-2-17(30-23(29)26-13-15-5-8-25-9-6-15)11-20(18)32-22(19)27-21(28)4-1-16-7-10-31-14-16/h1,4-10,14,17H,2-3,11,13H2,(H,26,29)(H,27,28). The Morgan fingerprint density at radius 1 is 1.31 bits per heavy atom. The number of nitrogens with one attached hydrogen (secondary N) is 2. The highest BCUT2D eigenvalue weighted by Gasteiger charge is 2.28. The fourth-order valence-electron chi connectivity index (χ4n) is 3.43. The zero-order valence-corrected chi connectivity index (χ0v) is 18.7. The normalized spacial score (nSPS) is 15.0. The molecule has 0 saturated heterocycles. The number of thiophene rings is 2. The Labute approximate surface area is 193 Å². The Morgan fingerprint density at radius 3 is 2.91 bits per heavy atom. The van der Waals surface area contributed by atoms with E-state index in [0.717, 1.165) is 21.6 Å². The van der Waals surface area contributed by atoms with E-state index >= 15 is 0 Å². The molecule has 0 bridgehead atoms. The average molecular weight is 465 g/mol. The number of carbonyl (C=O) groups excluding carboxylic acids is 2. The third-order valence-electron chi connectivity index (χ3n) is 5.00. The number of hydrogen-bond donors (Lipinski definition) is 2. The highest BCUT2D eigenvalue weighted by atomic mass is 32.1. The molecule has 9 heteroatoms. The predicted molar refractivity (Wildman–Crippen MR) is 124 cm³/mol. The van der Waals surface area contributed by atoms with E-state index in [1.54, 1.807) is 29.8 Å². The van der Waals surface area contributed by atoms with Gasteiger partial charge in [0.05, 0.1) is 5.56 Å². The molecule has 1 aliphatic rings. The lowest BCUT2D eigenvalue weighted by atomic mass is 9.94. The van der Waals surface area contributed by atoms with Crippen molar-refractivity contribution in [3.8, 4) is 6.07 Å². The second-order valence-corrected chi connectivity index (χ2v) is 9.06. The van der Waals surface area contributed by atoms with Crippen LogP contribution in [0, 0.1) is 11.3 Å². The lowest BCUT2D eigenvalue weighted by Gasteiger charge is -2.22. The SMILES string of the molecule is N#Cc1c(NC(=O)C=Cc2ccsc2)sc2c1CCC(OC(=O)NCc1ccncc1)C2. The van der Waals surface area contributed by atoms with Gasteiger partial charge in [-0.15, -0.1) is 11.3 Å². The van der Waals surface area contributed by atoms with Crippen LogP contribution in [0.5, 0.6) is 0 Å².